The van der Waals surface area contributed by atoms with E-state index in [2.05, 4.69) is 12.2 Å². The second-order valence-corrected chi connectivity index (χ2v) is 6.38. The fourth-order valence-electron chi connectivity index (χ4n) is 6.14. The number of carbonyl (C=O) groups is 2. The zero-order chi connectivity index (χ0) is 10.6. The van der Waals surface area contributed by atoms with Crippen LogP contribution in [0.3, 0.4) is 0 Å². The molecule has 0 aliphatic heterocycles. The Labute approximate surface area is 94.1 Å². The normalized spacial score (nSPS) is 63.8. The average Bonchev–Trinajstić information content (AvgIpc) is 2.91. The topological polar surface area (TPSA) is 34.1 Å². The van der Waals surface area contributed by atoms with Crippen LogP contribution in [-0.2, 0) is 9.59 Å². The van der Waals surface area contributed by atoms with Gasteiger partial charge in [0.15, 0.2) is 0 Å². The Balaban J connectivity index is 1.86. The third kappa shape index (κ3) is 0.586. The second-order valence-electron chi connectivity index (χ2n) is 6.38. The average molecular weight is 214 g/mol. The van der Waals surface area contributed by atoms with Gasteiger partial charge in [-0.1, -0.05) is 12.2 Å². The van der Waals surface area contributed by atoms with Crippen molar-refractivity contribution in [3.05, 3.63) is 12.2 Å². The van der Waals surface area contributed by atoms with Crippen LogP contribution in [0.2, 0.25) is 0 Å². The largest absolute Gasteiger partial charge is 0.291 e. The molecule has 0 aromatic carbocycles. The predicted molar refractivity (Wildman–Crippen MR) is 56.3 cm³/mol. The molecule has 6 aliphatic rings. The summed E-state index contributed by atoms with van der Waals surface area (Å²) in [5.74, 6) is 3.56. The first-order chi connectivity index (χ1) is 7.79. The van der Waals surface area contributed by atoms with E-state index >= 15 is 0 Å². The first-order valence-corrected chi connectivity index (χ1v) is 6.55. The molecule has 8 atom stereocenters. The first kappa shape index (κ1) is 8.21. The van der Waals surface area contributed by atoms with E-state index in [0.717, 1.165) is 5.92 Å². The van der Waals surface area contributed by atoms with Gasteiger partial charge in [0.25, 0.3) is 0 Å². The van der Waals surface area contributed by atoms with E-state index < -0.39 is 0 Å². The number of Topliss-reactive ketones (excluding diaryl/α,β-unsaturated/α-hetero) is 2. The van der Waals surface area contributed by atoms with Crippen molar-refractivity contribution in [3.63, 3.8) is 0 Å². The van der Waals surface area contributed by atoms with E-state index in [9.17, 15) is 9.59 Å². The second kappa shape index (κ2) is 2.20. The van der Waals surface area contributed by atoms with E-state index in [0.29, 0.717) is 29.6 Å². The fourth-order valence-corrected chi connectivity index (χ4v) is 6.14. The molecule has 82 valence electrons. The minimum absolute atomic E-state index is 0.00144. The standard InChI is InChI=1S/C14H14O2/c15-13-11-5-1-2-6-9(5)10-7(11)3-4-8(10)12(6)14(13)16/h1-2,5-12H,3-4H2/t5-,6+,7-,8-,9?,10?,11-,12-/m0/s1. The molecular weight excluding hydrogens is 200 g/mol. The number of allylic oxidation sites excluding steroid dienone is 2. The van der Waals surface area contributed by atoms with Crippen LogP contribution < -0.4 is 0 Å². The van der Waals surface area contributed by atoms with Gasteiger partial charge in [-0.2, -0.15) is 0 Å². The van der Waals surface area contributed by atoms with E-state index in [1.165, 1.54) is 12.8 Å². The van der Waals surface area contributed by atoms with Crippen molar-refractivity contribution in [2.45, 2.75) is 12.8 Å². The maximum absolute atomic E-state index is 12.2. The summed E-state index contributed by atoms with van der Waals surface area (Å²) in [6.07, 6.45) is 6.96. The Morgan fingerprint density at radius 1 is 0.812 bits per heavy atom. The molecule has 2 nitrogen and oxygen atoms in total. The molecule has 0 aromatic rings. The molecule has 0 amide bonds. The Hall–Kier alpha value is -0.920. The molecule has 2 heteroatoms. The molecule has 6 aliphatic carbocycles. The molecule has 5 fully saturated rings. The Kier molecular flexibility index (Phi) is 1.13. The molecule has 5 saturated carbocycles. The highest BCUT2D eigenvalue weighted by molar-refractivity contribution is 6.39. The molecule has 16 heavy (non-hydrogen) atoms. The van der Waals surface area contributed by atoms with Gasteiger partial charge < -0.3 is 0 Å². The summed E-state index contributed by atoms with van der Waals surface area (Å²) in [6.45, 7) is 0. The van der Waals surface area contributed by atoms with Crippen molar-refractivity contribution < 1.29 is 9.59 Å². The van der Waals surface area contributed by atoms with Gasteiger partial charge >= 0.3 is 0 Å². The lowest BCUT2D eigenvalue weighted by atomic mass is 9.79. The lowest BCUT2D eigenvalue weighted by molar-refractivity contribution is -0.142. The Bertz CT molecular complexity index is 423. The number of hydrogen-bond acceptors (Lipinski definition) is 2. The quantitative estimate of drug-likeness (QED) is 0.452. The molecule has 2 unspecified atom stereocenters. The van der Waals surface area contributed by atoms with Crippen LogP contribution in [0, 0.1) is 47.3 Å². The monoisotopic (exact) mass is 214 g/mol. The van der Waals surface area contributed by atoms with Crippen molar-refractivity contribution >= 4 is 11.6 Å². The number of hydrogen-bond donors (Lipinski definition) is 0. The number of carbonyl (C=O) groups excluding carboxylic acids is 2. The van der Waals surface area contributed by atoms with Gasteiger partial charge in [-0.3, -0.25) is 9.59 Å². The highest BCUT2D eigenvalue weighted by Crippen LogP contribution is 2.71. The van der Waals surface area contributed by atoms with Crippen LogP contribution >= 0.6 is 0 Å². The van der Waals surface area contributed by atoms with Gasteiger partial charge in [-0.05, 0) is 48.3 Å². The zero-order valence-electron chi connectivity index (χ0n) is 9.00. The van der Waals surface area contributed by atoms with Crippen molar-refractivity contribution in [2.24, 2.45) is 47.3 Å². The summed E-state index contributed by atoms with van der Waals surface area (Å²) in [6, 6.07) is 0. The summed E-state index contributed by atoms with van der Waals surface area (Å²) in [7, 11) is 0. The maximum atomic E-state index is 12.2. The molecule has 0 radical (unpaired) electrons. The van der Waals surface area contributed by atoms with E-state index in [1.54, 1.807) is 0 Å². The highest BCUT2D eigenvalue weighted by Gasteiger charge is 2.71. The fraction of sp³-hybridized carbons (Fsp3) is 0.714. The third-order valence-electron chi connectivity index (χ3n) is 6.31. The van der Waals surface area contributed by atoms with Gasteiger partial charge in [-0.25, -0.2) is 0 Å². The minimum atomic E-state index is 0.00144. The van der Waals surface area contributed by atoms with Crippen LogP contribution in [0.1, 0.15) is 12.8 Å². The molecule has 6 rings (SSSR count). The highest BCUT2D eigenvalue weighted by atomic mass is 16.2. The van der Waals surface area contributed by atoms with Crippen LogP contribution in [0.5, 0.6) is 0 Å². The molecule has 0 spiro atoms. The van der Waals surface area contributed by atoms with Gasteiger partial charge in [0, 0.05) is 11.8 Å². The van der Waals surface area contributed by atoms with Crippen LogP contribution in [-0.4, -0.2) is 11.6 Å². The van der Waals surface area contributed by atoms with Gasteiger partial charge in [0.05, 0.1) is 0 Å². The minimum Gasteiger partial charge on any atom is -0.291 e. The first-order valence-electron chi connectivity index (χ1n) is 6.55. The molecule has 8 bridgehead atoms. The van der Waals surface area contributed by atoms with Crippen LogP contribution in [0.4, 0.5) is 0 Å². The molecule has 0 heterocycles. The summed E-state index contributed by atoms with van der Waals surface area (Å²) in [5.41, 5.74) is 0. The summed E-state index contributed by atoms with van der Waals surface area (Å²) in [5, 5.41) is 0. The van der Waals surface area contributed by atoms with Crippen molar-refractivity contribution in [2.75, 3.05) is 0 Å². The third-order valence-corrected chi connectivity index (χ3v) is 6.31. The van der Waals surface area contributed by atoms with Gasteiger partial charge in [0.1, 0.15) is 0 Å². The van der Waals surface area contributed by atoms with Gasteiger partial charge in [-0.15, -0.1) is 0 Å². The SMILES string of the molecule is O=C1C(=O)[C@H]2[C@H]3C=C[C@@H]4C3C3[C@H](CC[C@@H]32)[C@@H]14. The van der Waals surface area contributed by atoms with Crippen LogP contribution in [0.25, 0.3) is 0 Å². The molecular formula is C14H14O2. The maximum Gasteiger partial charge on any atom is 0.202 e. The summed E-state index contributed by atoms with van der Waals surface area (Å²) >= 11 is 0. The predicted octanol–water partition coefficient (Wildman–Crippen LogP) is 1.46. The lowest BCUT2D eigenvalue weighted by Crippen LogP contribution is -2.34. The number of fused-ring (bicyclic) bond motifs is 1. The van der Waals surface area contributed by atoms with Crippen molar-refractivity contribution in [1.82, 2.24) is 0 Å². The van der Waals surface area contributed by atoms with E-state index in [4.69, 9.17) is 0 Å². The lowest BCUT2D eigenvalue weighted by Gasteiger charge is -2.22. The molecule has 0 saturated heterocycles. The van der Waals surface area contributed by atoms with Crippen LogP contribution in [0.15, 0.2) is 12.2 Å². The smallest absolute Gasteiger partial charge is 0.202 e. The van der Waals surface area contributed by atoms with E-state index in [-0.39, 0.29) is 23.4 Å². The van der Waals surface area contributed by atoms with Crippen molar-refractivity contribution in [3.8, 4) is 0 Å². The van der Waals surface area contributed by atoms with E-state index in [1.807, 2.05) is 0 Å². The summed E-state index contributed by atoms with van der Waals surface area (Å²) in [4.78, 5) is 24.5. The number of ketones is 2. The van der Waals surface area contributed by atoms with Gasteiger partial charge in [0.2, 0.25) is 11.6 Å². The molecule has 0 aromatic heterocycles. The molecule has 0 N–H and O–H groups in total. The Morgan fingerprint density at radius 2 is 1.31 bits per heavy atom. The Morgan fingerprint density at radius 3 is 1.81 bits per heavy atom. The summed E-state index contributed by atoms with van der Waals surface area (Å²) < 4.78 is 0. The van der Waals surface area contributed by atoms with Crippen molar-refractivity contribution in [1.29, 1.82) is 0 Å². The number of rotatable bonds is 0. The zero-order valence-corrected chi connectivity index (χ0v) is 9.00.